The van der Waals surface area contributed by atoms with E-state index in [9.17, 15) is 19.0 Å². The van der Waals surface area contributed by atoms with Gasteiger partial charge in [0.1, 0.15) is 19.3 Å². The van der Waals surface area contributed by atoms with Crippen LogP contribution in [-0.4, -0.2) is 74.3 Å². The van der Waals surface area contributed by atoms with E-state index < -0.39 is 20.0 Å². The van der Waals surface area contributed by atoms with Crippen molar-refractivity contribution < 1.29 is 37.3 Å². The van der Waals surface area contributed by atoms with Gasteiger partial charge in [-0.1, -0.05) is 230 Å². The topological polar surface area (TPSA) is 111 Å². The fourth-order valence-electron chi connectivity index (χ4n) is 8.23. The van der Waals surface area contributed by atoms with Crippen molar-refractivity contribution in [1.29, 1.82) is 0 Å². The van der Waals surface area contributed by atoms with Gasteiger partial charge in [-0.2, -0.15) is 0 Å². The number of hydrogen-bond donors (Lipinski definition) is 2. The Hall–Kier alpha value is -2.29. The highest BCUT2D eigenvalue weighted by Gasteiger charge is 2.30. The zero-order valence-electron chi connectivity index (χ0n) is 46.5. The number of amides is 1. The highest BCUT2D eigenvalue weighted by atomic mass is 31.2. The fraction of sp³-hybridized carbons (Fsp3) is 0.800. The van der Waals surface area contributed by atoms with Gasteiger partial charge in [-0.25, -0.2) is 4.57 Å². The molecule has 1 amide bonds. The molecule has 0 aliphatic rings. The minimum atomic E-state index is -4.45. The Bertz CT molecular complexity index is 1390. The van der Waals surface area contributed by atoms with Gasteiger partial charge >= 0.3 is 13.8 Å². The second-order valence-electron chi connectivity index (χ2n) is 20.8. The molecule has 3 atom stereocenters. The van der Waals surface area contributed by atoms with Crippen molar-refractivity contribution in [2.45, 2.75) is 270 Å². The summed E-state index contributed by atoms with van der Waals surface area (Å²) >= 11 is 0. The maximum atomic E-state index is 13.5. The average molecular weight is 1000 g/mol. The number of nitrogens with one attached hydrogen (secondary N) is 1. The second kappa shape index (κ2) is 50.3. The molecule has 0 aromatic carbocycles. The maximum absolute atomic E-state index is 13.5. The Labute approximate surface area is 432 Å². The maximum Gasteiger partial charge on any atom is 0.472 e. The first-order valence-corrected chi connectivity index (χ1v) is 30.6. The van der Waals surface area contributed by atoms with Crippen LogP contribution in [0.3, 0.4) is 0 Å². The van der Waals surface area contributed by atoms with E-state index in [1.165, 1.54) is 128 Å². The quantitative estimate of drug-likeness (QED) is 0.0156. The Morgan fingerprint density at radius 2 is 0.929 bits per heavy atom. The fourth-order valence-corrected chi connectivity index (χ4v) is 8.96. The van der Waals surface area contributed by atoms with Gasteiger partial charge in [0, 0.05) is 12.8 Å². The number of carbonyl (C=O) groups is 2. The van der Waals surface area contributed by atoms with Gasteiger partial charge in [0.05, 0.1) is 33.8 Å². The Kier molecular flexibility index (Phi) is 48.6. The zero-order chi connectivity index (χ0) is 51.5. The van der Waals surface area contributed by atoms with Gasteiger partial charge in [0.25, 0.3) is 0 Å². The van der Waals surface area contributed by atoms with Crippen molar-refractivity contribution >= 4 is 19.7 Å². The average Bonchev–Trinajstić information content (AvgIpc) is 3.32. The molecule has 0 spiro atoms. The van der Waals surface area contributed by atoms with Crippen LogP contribution in [0, 0.1) is 0 Å². The lowest BCUT2D eigenvalue weighted by Crippen LogP contribution is -2.47. The van der Waals surface area contributed by atoms with Crippen molar-refractivity contribution in [3.63, 3.8) is 0 Å². The molecule has 0 radical (unpaired) electrons. The lowest BCUT2D eigenvalue weighted by molar-refractivity contribution is -0.870. The monoisotopic (exact) mass is 1000 g/mol. The van der Waals surface area contributed by atoms with Gasteiger partial charge in [-0.3, -0.25) is 18.6 Å². The van der Waals surface area contributed by atoms with E-state index in [-0.39, 0.29) is 31.5 Å². The van der Waals surface area contributed by atoms with Gasteiger partial charge in [-0.05, 0) is 76.7 Å². The van der Waals surface area contributed by atoms with E-state index in [2.05, 4.69) is 74.7 Å². The van der Waals surface area contributed by atoms with Gasteiger partial charge in [0.2, 0.25) is 5.91 Å². The number of nitrogens with zero attached hydrogens (tertiary/aromatic N) is 1. The van der Waals surface area contributed by atoms with E-state index in [1.54, 1.807) is 0 Å². The number of hydrogen-bond acceptors (Lipinski definition) is 6. The molecule has 70 heavy (non-hydrogen) atoms. The number of allylic oxidation sites excluding steroid dienone is 9. The summed E-state index contributed by atoms with van der Waals surface area (Å²) in [6, 6.07) is -0.857. The van der Waals surface area contributed by atoms with Crippen LogP contribution in [0.15, 0.2) is 60.8 Å². The molecule has 0 bridgehead atoms. The lowest BCUT2D eigenvalue weighted by atomic mass is 10.0. The molecule has 3 unspecified atom stereocenters. The summed E-state index contributed by atoms with van der Waals surface area (Å²) in [6.07, 6.45) is 62.1. The summed E-state index contributed by atoms with van der Waals surface area (Å²) in [6.45, 7) is 6.87. The smallest absolute Gasteiger partial charge is 0.456 e. The van der Waals surface area contributed by atoms with E-state index >= 15 is 0 Å². The number of esters is 1. The molecular formula is C60H112N2O7P+. The third-order valence-electron chi connectivity index (χ3n) is 12.8. The summed E-state index contributed by atoms with van der Waals surface area (Å²) in [5, 5.41) is 3.04. The third-order valence-corrected chi connectivity index (χ3v) is 13.7. The number of rotatable bonds is 52. The normalized spacial score (nSPS) is 14.2. The Morgan fingerprint density at radius 1 is 0.514 bits per heavy atom. The van der Waals surface area contributed by atoms with Crippen LogP contribution in [0.1, 0.15) is 258 Å². The van der Waals surface area contributed by atoms with Crippen molar-refractivity contribution in [2.75, 3.05) is 40.9 Å². The highest BCUT2D eigenvalue weighted by molar-refractivity contribution is 7.47. The molecule has 408 valence electrons. The molecule has 0 saturated carbocycles. The number of unbranched alkanes of at least 4 members (excludes halogenated alkanes) is 30. The molecule has 0 saturated heterocycles. The molecule has 0 rings (SSSR count). The molecule has 0 fully saturated rings. The van der Waals surface area contributed by atoms with E-state index in [0.717, 1.165) is 96.3 Å². The first kappa shape index (κ1) is 67.7. The van der Waals surface area contributed by atoms with Crippen LogP contribution >= 0.6 is 7.82 Å². The number of likely N-dealkylation sites (N-methyl/N-ethyl adjacent to an activating group) is 1. The summed E-state index contributed by atoms with van der Waals surface area (Å²) in [5.74, 6) is -0.526. The molecule has 0 aromatic rings. The molecule has 0 aromatic heterocycles. The zero-order valence-corrected chi connectivity index (χ0v) is 47.4. The van der Waals surface area contributed by atoms with Crippen molar-refractivity contribution in [2.24, 2.45) is 0 Å². The molecule has 9 nitrogen and oxygen atoms in total. The molecule has 0 heterocycles. The molecular weight excluding hydrogens is 892 g/mol. The number of ether oxygens (including phenoxy) is 1. The predicted octanol–water partition coefficient (Wildman–Crippen LogP) is 17.5. The minimum absolute atomic E-state index is 0.0354. The lowest BCUT2D eigenvalue weighted by Gasteiger charge is -2.27. The van der Waals surface area contributed by atoms with Gasteiger partial charge in [0.15, 0.2) is 0 Å². The first-order chi connectivity index (χ1) is 33.9. The molecule has 2 N–H and O–H groups in total. The number of phosphoric ester groups is 1. The van der Waals surface area contributed by atoms with Crippen molar-refractivity contribution in [3.05, 3.63) is 60.8 Å². The van der Waals surface area contributed by atoms with E-state index in [0.29, 0.717) is 17.4 Å². The number of carbonyl (C=O) groups excluding carboxylic acids is 2. The van der Waals surface area contributed by atoms with Gasteiger partial charge < -0.3 is 19.4 Å². The minimum Gasteiger partial charge on any atom is -0.456 e. The first-order valence-electron chi connectivity index (χ1n) is 29.1. The van der Waals surface area contributed by atoms with Crippen LogP contribution in [0.5, 0.6) is 0 Å². The van der Waals surface area contributed by atoms with Gasteiger partial charge in [-0.15, -0.1) is 0 Å². The second-order valence-corrected chi connectivity index (χ2v) is 22.3. The number of phosphoric acid groups is 1. The van der Waals surface area contributed by atoms with Crippen LogP contribution in [0.4, 0.5) is 0 Å². The van der Waals surface area contributed by atoms with Crippen molar-refractivity contribution in [1.82, 2.24) is 5.32 Å². The third kappa shape index (κ3) is 50.6. The SMILES string of the molecule is CC/C=C/C=C/C=C/CCCCCCCCCC(=O)OC(/C=C/CCCCCCCCCCCCC)C(COP(=O)(O)OCC[N+](C)(C)C)NC(=O)CCCCCCC/C=C/CCCCCCCCC. The molecule has 0 aliphatic heterocycles. The molecule has 10 heteroatoms. The van der Waals surface area contributed by atoms with E-state index in [4.69, 9.17) is 13.8 Å². The highest BCUT2D eigenvalue weighted by Crippen LogP contribution is 2.43. The van der Waals surface area contributed by atoms with Crippen LogP contribution in [0.2, 0.25) is 0 Å². The number of quaternary nitrogens is 1. The molecule has 0 aliphatic carbocycles. The largest absolute Gasteiger partial charge is 0.472 e. The standard InChI is InChI=1S/C60H111N2O7P/c1-7-10-13-16-19-22-25-28-30-32-34-37-40-43-46-49-52-59(63)61-57(56-68-70(65,66)67-55-54-62(4,5)6)58(51-48-45-42-39-36-33-27-24-21-18-15-12-9-3)69-60(64)53-50-47-44-41-38-35-31-29-26-23-20-17-14-11-8-2/h11,14,17,20,23,26,30,32,48,51,57-58H,7-10,12-13,15-16,18-19,21-22,24-25,27-29,31,33-47,49-50,52-56H2,1-6H3,(H-,61,63,65,66)/p+1/b14-11+,20-17+,26-23+,32-30+,51-48+. The Balaban J connectivity index is 5.39. The van der Waals surface area contributed by atoms with Crippen LogP contribution < -0.4 is 5.32 Å². The van der Waals surface area contributed by atoms with E-state index in [1.807, 2.05) is 33.3 Å². The summed E-state index contributed by atoms with van der Waals surface area (Å²) in [7, 11) is 1.48. The predicted molar refractivity (Wildman–Crippen MR) is 300 cm³/mol. The van der Waals surface area contributed by atoms with Crippen LogP contribution in [-0.2, 0) is 27.9 Å². The summed E-state index contributed by atoms with van der Waals surface area (Å²) < 4.78 is 30.6. The van der Waals surface area contributed by atoms with Crippen molar-refractivity contribution in [3.8, 4) is 0 Å². The summed E-state index contributed by atoms with van der Waals surface area (Å²) in [5.41, 5.74) is 0. The summed E-state index contributed by atoms with van der Waals surface area (Å²) in [4.78, 5) is 37.6. The Morgan fingerprint density at radius 3 is 1.40 bits per heavy atom. The van der Waals surface area contributed by atoms with Crippen LogP contribution in [0.25, 0.3) is 0 Å².